The largest absolute Gasteiger partial charge is 0.349 e. The van der Waals surface area contributed by atoms with Crippen molar-refractivity contribution >= 4 is 22.9 Å². The highest BCUT2D eigenvalue weighted by Crippen LogP contribution is 2.43. The Morgan fingerprint density at radius 1 is 1.15 bits per heavy atom. The summed E-state index contributed by atoms with van der Waals surface area (Å²) >= 11 is 6.40. The van der Waals surface area contributed by atoms with Gasteiger partial charge in [0.25, 0.3) is 0 Å². The van der Waals surface area contributed by atoms with Crippen LogP contribution in [-0.2, 0) is 0 Å². The van der Waals surface area contributed by atoms with E-state index in [1.807, 2.05) is 10.6 Å². The Hall–Kier alpha value is -2.53. The highest BCUT2D eigenvalue weighted by atomic mass is 35.5. The second-order valence-corrected chi connectivity index (χ2v) is 7.50. The minimum absolute atomic E-state index is 0.140. The van der Waals surface area contributed by atoms with Gasteiger partial charge in [-0.1, -0.05) is 11.6 Å². The topological polar surface area (TPSA) is 36.7 Å². The van der Waals surface area contributed by atoms with Crippen LogP contribution in [0.25, 0.3) is 5.65 Å². The van der Waals surface area contributed by atoms with Gasteiger partial charge in [-0.2, -0.15) is 5.10 Å². The molecule has 0 saturated carbocycles. The highest BCUT2D eigenvalue weighted by Gasteiger charge is 2.37. The second kappa shape index (κ2) is 5.74. The maximum Gasteiger partial charge on any atom is 0.155 e. The summed E-state index contributed by atoms with van der Waals surface area (Å²) in [5.41, 5.74) is 6.87. The lowest BCUT2D eigenvalue weighted by molar-refractivity contribution is 0.318. The van der Waals surface area contributed by atoms with Crippen LogP contribution in [0.3, 0.4) is 0 Å². The minimum atomic E-state index is 0.140. The van der Waals surface area contributed by atoms with Crippen LogP contribution >= 0.6 is 11.6 Å². The lowest BCUT2D eigenvalue weighted by Gasteiger charge is -2.33. The van der Waals surface area contributed by atoms with Crippen molar-refractivity contribution < 1.29 is 0 Å². The predicted octanol–water partition coefficient (Wildman–Crippen LogP) is 4.46. The summed E-state index contributed by atoms with van der Waals surface area (Å²) in [5, 5.41) is 5.16. The number of aryl methyl sites for hydroxylation is 2. The van der Waals surface area contributed by atoms with E-state index < -0.39 is 0 Å². The zero-order valence-corrected chi connectivity index (χ0v) is 15.6. The molecule has 0 amide bonds. The summed E-state index contributed by atoms with van der Waals surface area (Å²) < 4.78 is 1.85. The van der Waals surface area contributed by atoms with Crippen LogP contribution in [0.4, 0.5) is 5.69 Å². The first-order chi connectivity index (χ1) is 12.6. The molecule has 1 fully saturated rings. The third kappa shape index (κ3) is 2.31. The van der Waals surface area contributed by atoms with Crippen molar-refractivity contribution in [1.29, 1.82) is 0 Å². The fourth-order valence-corrected chi connectivity index (χ4v) is 4.24. The number of halogens is 1. The van der Waals surface area contributed by atoms with E-state index in [2.05, 4.69) is 64.3 Å². The van der Waals surface area contributed by atoms with Crippen molar-refractivity contribution in [2.24, 2.45) is 0 Å². The van der Waals surface area contributed by atoms with Gasteiger partial charge in [0.1, 0.15) is 12.5 Å². The number of hydrogen-bond acceptors (Lipinski definition) is 4. The van der Waals surface area contributed by atoms with Gasteiger partial charge in [-0.15, -0.1) is 0 Å². The zero-order chi connectivity index (χ0) is 17.8. The Morgan fingerprint density at radius 3 is 2.77 bits per heavy atom. The smallest absolute Gasteiger partial charge is 0.155 e. The first kappa shape index (κ1) is 15.7. The van der Waals surface area contributed by atoms with Gasteiger partial charge < -0.3 is 9.80 Å². The molecule has 0 aliphatic carbocycles. The van der Waals surface area contributed by atoms with E-state index in [0.717, 1.165) is 34.8 Å². The van der Waals surface area contributed by atoms with E-state index in [0.29, 0.717) is 0 Å². The Morgan fingerprint density at radius 2 is 1.96 bits per heavy atom. The summed E-state index contributed by atoms with van der Waals surface area (Å²) in [7, 11) is 0. The summed E-state index contributed by atoms with van der Waals surface area (Å²) in [6.45, 7) is 5.22. The molecule has 0 N–H and O–H groups in total. The average molecular weight is 366 g/mol. The Labute approximate surface area is 157 Å². The van der Waals surface area contributed by atoms with Crippen molar-refractivity contribution in [3.63, 3.8) is 0 Å². The van der Waals surface area contributed by atoms with Crippen molar-refractivity contribution in [3.8, 4) is 0 Å². The van der Waals surface area contributed by atoms with Crippen LogP contribution in [-0.4, -0.2) is 26.0 Å². The fourth-order valence-electron chi connectivity index (χ4n) is 4.13. The van der Waals surface area contributed by atoms with Gasteiger partial charge in [-0.05, 0) is 62.1 Å². The average Bonchev–Trinajstić information content (AvgIpc) is 3.33. The molecule has 3 aromatic rings. The Bertz CT molecular complexity index is 1010. The SMILES string of the molecule is Cc1cc(N2C=C3CCCN3C2c2ccc3ncnn3c2)cc(C)c1Cl. The molecule has 5 nitrogen and oxygen atoms in total. The van der Waals surface area contributed by atoms with Crippen LogP contribution in [0.5, 0.6) is 0 Å². The van der Waals surface area contributed by atoms with Gasteiger partial charge in [0.05, 0.1) is 0 Å². The molecule has 1 aromatic carbocycles. The normalized spacial score (nSPS) is 19.3. The molecule has 2 aromatic heterocycles. The molecule has 6 heteroatoms. The van der Waals surface area contributed by atoms with Crippen LogP contribution in [0, 0.1) is 13.8 Å². The number of fused-ring (bicyclic) bond motifs is 2. The van der Waals surface area contributed by atoms with Crippen molar-refractivity contribution in [1.82, 2.24) is 19.5 Å². The third-order valence-electron chi connectivity index (χ3n) is 5.36. The number of rotatable bonds is 2. The molecule has 2 aliphatic heterocycles. The van der Waals surface area contributed by atoms with E-state index in [9.17, 15) is 0 Å². The van der Waals surface area contributed by atoms with E-state index in [1.54, 1.807) is 6.33 Å². The number of hydrogen-bond donors (Lipinski definition) is 0. The molecular weight excluding hydrogens is 346 g/mol. The molecule has 1 atom stereocenters. The second-order valence-electron chi connectivity index (χ2n) is 7.12. The molecule has 2 aliphatic rings. The molecule has 132 valence electrons. The zero-order valence-electron chi connectivity index (χ0n) is 14.9. The number of allylic oxidation sites excluding steroid dienone is 1. The van der Waals surface area contributed by atoms with Gasteiger partial charge in [0.15, 0.2) is 5.65 Å². The van der Waals surface area contributed by atoms with Crippen LogP contribution in [0.1, 0.15) is 35.7 Å². The molecule has 1 unspecified atom stereocenters. The van der Waals surface area contributed by atoms with Crippen LogP contribution < -0.4 is 4.90 Å². The molecule has 0 spiro atoms. The van der Waals surface area contributed by atoms with Crippen LogP contribution in [0.2, 0.25) is 5.02 Å². The van der Waals surface area contributed by atoms with E-state index >= 15 is 0 Å². The number of aromatic nitrogens is 3. The van der Waals surface area contributed by atoms with Gasteiger partial charge >= 0.3 is 0 Å². The number of anilines is 1. The van der Waals surface area contributed by atoms with E-state index in [1.165, 1.54) is 23.4 Å². The fraction of sp³-hybridized carbons (Fsp3) is 0.300. The van der Waals surface area contributed by atoms with Crippen molar-refractivity contribution in [3.05, 3.63) is 70.4 Å². The lowest BCUT2D eigenvalue weighted by atomic mass is 10.1. The van der Waals surface area contributed by atoms with Gasteiger partial charge in [0, 0.05) is 40.9 Å². The molecule has 26 heavy (non-hydrogen) atoms. The summed E-state index contributed by atoms with van der Waals surface area (Å²) in [4.78, 5) is 9.12. The van der Waals surface area contributed by atoms with Crippen molar-refractivity contribution in [2.45, 2.75) is 32.9 Å². The molecule has 4 heterocycles. The number of pyridine rings is 1. The lowest BCUT2D eigenvalue weighted by Crippen LogP contribution is -2.31. The number of benzene rings is 1. The van der Waals surface area contributed by atoms with Gasteiger partial charge in [-0.3, -0.25) is 0 Å². The Balaban J connectivity index is 1.63. The maximum absolute atomic E-state index is 6.40. The first-order valence-electron chi connectivity index (χ1n) is 8.93. The van der Waals surface area contributed by atoms with E-state index in [-0.39, 0.29) is 6.17 Å². The molecular formula is C20H20ClN5. The standard InChI is InChI=1S/C20H20ClN5/c1-13-8-17(9-14(2)19(13)21)25-11-16-4-3-7-24(16)20(25)15-5-6-18-22-12-23-26(18)10-15/h5-6,8-12,20H,3-4,7H2,1-2H3. The quantitative estimate of drug-likeness (QED) is 0.672. The molecule has 1 saturated heterocycles. The van der Waals surface area contributed by atoms with Crippen LogP contribution in [0.15, 0.2) is 48.7 Å². The van der Waals surface area contributed by atoms with E-state index in [4.69, 9.17) is 11.6 Å². The Kier molecular flexibility index (Phi) is 3.47. The summed E-state index contributed by atoms with van der Waals surface area (Å²) in [6.07, 6.45) is 8.46. The number of nitrogens with zero attached hydrogens (tertiary/aromatic N) is 5. The third-order valence-corrected chi connectivity index (χ3v) is 5.96. The van der Waals surface area contributed by atoms with Crippen molar-refractivity contribution in [2.75, 3.05) is 11.4 Å². The monoisotopic (exact) mass is 365 g/mol. The maximum atomic E-state index is 6.40. The summed E-state index contributed by atoms with van der Waals surface area (Å²) in [6, 6.07) is 8.55. The minimum Gasteiger partial charge on any atom is -0.349 e. The molecule has 0 bridgehead atoms. The highest BCUT2D eigenvalue weighted by molar-refractivity contribution is 6.32. The molecule has 0 radical (unpaired) electrons. The molecule has 5 rings (SSSR count). The van der Waals surface area contributed by atoms with Gasteiger partial charge in [-0.25, -0.2) is 9.50 Å². The first-order valence-corrected chi connectivity index (χ1v) is 9.31. The van der Waals surface area contributed by atoms with Gasteiger partial charge in [0.2, 0.25) is 0 Å². The summed E-state index contributed by atoms with van der Waals surface area (Å²) in [5.74, 6) is 0. The predicted molar refractivity (Wildman–Crippen MR) is 103 cm³/mol.